The van der Waals surface area contributed by atoms with Crippen LogP contribution in [0.5, 0.6) is 0 Å². The molecule has 2 aliphatic rings. The van der Waals surface area contributed by atoms with Crippen LogP contribution in [0.4, 0.5) is 4.39 Å². The van der Waals surface area contributed by atoms with E-state index in [9.17, 15) is 22.4 Å². The lowest BCUT2D eigenvalue weighted by Crippen LogP contribution is -2.50. The van der Waals surface area contributed by atoms with Gasteiger partial charge < -0.3 is 9.80 Å². The Hall–Kier alpha value is -1.96. The van der Waals surface area contributed by atoms with Crippen LogP contribution in [0.25, 0.3) is 0 Å². The molecule has 0 spiro atoms. The number of hydrogen-bond donors (Lipinski definition) is 0. The SMILES string of the molecule is O=C(CCS(=O)(=O)C1CCCC1)N1CCN(C(=O)c2ccc(F)cc2)CC1. The highest BCUT2D eigenvalue weighted by molar-refractivity contribution is 7.92. The van der Waals surface area contributed by atoms with Crippen LogP contribution in [-0.2, 0) is 14.6 Å². The summed E-state index contributed by atoms with van der Waals surface area (Å²) in [6.45, 7) is 1.54. The van der Waals surface area contributed by atoms with Crippen LogP contribution in [0.2, 0.25) is 0 Å². The van der Waals surface area contributed by atoms with Crippen molar-refractivity contribution < 1.29 is 22.4 Å². The minimum absolute atomic E-state index is 0.00470. The predicted octanol–water partition coefficient (Wildman–Crippen LogP) is 1.86. The van der Waals surface area contributed by atoms with Crippen molar-refractivity contribution in [3.63, 3.8) is 0 Å². The van der Waals surface area contributed by atoms with Crippen molar-refractivity contribution in [3.05, 3.63) is 35.6 Å². The van der Waals surface area contributed by atoms with E-state index in [2.05, 4.69) is 0 Å². The minimum Gasteiger partial charge on any atom is -0.339 e. The van der Waals surface area contributed by atoms with Crippen LogP contribution >= 0.6 is 0 Å². The molecular formula is C19H25FN2O4S. The van der Waals surface area contributed by atoms with Gasteiger partial charge in [-0.15, -0.1) is 0 Å². The lowest BCUT2D eigenvalue weighted by Gasteiger charge is -2.35. The average Bonchev–Trinajstić information content (AvgIpc) is 3.22. The summed E-state index contributed by atoms with van der Waals surface area (Å²) >= 11 is 0. The molecular weight excluding hydrogens is 371 g/mol. The molecule has 1 aliphatic carbocycles. The molecule has 2 fully saturated rings. The first-order valence-electron chi connectivity index (χ1n) is 9.41. The summed E-state index contributed by atoms with van der Waals surface area (Å²) < 4.78 is 37.6. The number of halogens is 1. The first-order chi connectivity index (χ1) is 12.9. The zero-order chi connectivity index (χ0) is 19.4. The molecule has 1 aromatic rings. The number of carbonyl (C=O) groups is 2. The quantitative estimate of drug-likeness (QED) is 0.761. The molecule has 1 saturated heterocycles. The van der Waals surface area contributed by atoms with Crippen molar-refractivity contribution >= 4 is 21.7 Å². The normalized spacial score (nSPS) is 18.7. The number of sulfone groups is 1. The molecule has 0 radical (unpaired) electrons. The topological polar surface area (TPSA) is 74.8 Å². The number of hydrogen-bond acceptors (Lipinski definition) is 4. The van der Waals surface area contributed by atoms with E-state index in [0.29, 0.717) is 44.6 Å². The molecule has 1 heterocycles. The summed E-state index contributed by atoms with van der Waals surface area (Å²) in [5.41, 5.74) is 0.416. The molecule has 3 rings (SSSR count). The van der Waals surface area contributed by atoms with Gasteiger partial charge in [-0.05, 0) is 37.1 Å². The summed E-state index contributed by atoms with van der Waals surface area (Å²) in [6, 6.07) is 5.39. The molecule has 0 unspecified atom stereocenters. The van der Waals surface area contributed by atoms with Gasteiger partial charge in [0.2, 0.25) is 5.91 Å². The van der Waals surface area contributed by atoms with Gasteiger partial charge in [0, 0.05) is 38.2 Å². The number of piperazine rings is 1. The number of nitrogens with zero attached hydrogens (tertiary/aromatic N) is 2. The van der Waals surface area contributed by atoms with E-state index in [-0.39, 0.29) is 29.2 Å². The smallest absolute Gasteiger partial charge is 0.253 e. The highest BCUT2D eigenvalue weighted by atomic mass is 32.2. The Kier molecular flexibility index (Phi) is 6.14. The summed E-state index contributed by atoms with van der Waals surface area (Å²) in [5, 5.41) is -0.282. The van der Waals surface area contributed by atoms with Gasteiger partial charge in [0.15, 0.2) is 9.84 Å². The monoisotopic (exact) mass is 396 g/mol. The Morgan fingerprint density at radius 3 is 2.11 bits per heavy atom. The van der Waals surface area contributed by atoms with E-state index in [0.717, 1.165) is 12.8 Å². The highest BCUT2D eigenvalue weighted by Crippen LogP contribution is 2.25. The van der Waals surface area contributed by atoms with Crippen LogP contribution in [0.15, 0.2) is 24.3 Å². The molecule has 0 bridgehead atoms. The Bertz CT molecular complexity index is 780. The lowest BCUT2D eigenvalue weighted by atomic mass is 10.1. The third-order valence-corrected chi connectivity index (χ3v) is 7.68. The second-order valence-electron chi connectivity index (χ2n) is 7.20. The minimum atomic E-state index is -3.20. The van der Waals surface area contributed by atoms with Gasteiger partial charge in [0.05, 0.1) is 11.0 Å². The molecule has 1 aromatic carbocycles. The standard InChI is InChI=1S/C19H25FN2O4S/c20-16-7-5-15(6-8-16)19(24)22-12-10-21(11-13-22)18(23)9-14-27(25,26)17-3-1-2-4-17/h5-8,17H,1-4,9-14H2. The molecule has 6 nitrogen and oxygen atoms in total. The molecule has 0 N–H and O–H groups in total. The molecule has 1 aliphatic heterocycles. The molecule has 1 saturated carbocycles. The van der Waals surface area contributed by atoms with E-state index < -0.39 is 15.7 Å². The third kappa shape index (κ3) is 4.86. The zero-order valence-electron chi connectivity index (χ0n) is 15.3. The van der Waals surface area contributed by atoms with Crippen LogP contribution < -0.4 is 0 Å². The van der Waals surface area contributed by atoms with E-state index in [4.69, 9.17) is 0 Å². The van der Waals surface area contributed by atoms with E-state index in [1.54, 1.807) is 9.80 Å². The molecule has 8 heteroatoms. The van der Waals surface area contributed by atoms with Crippen molar-refractivity contribution in [3.8, 4) is 0 Å². The van der Waals surface area contributed by atoms with Gasteiger partial charge >= 0.3 is 0 Å². The summed E-state index contributed by atoms with van der Waals surface area (Å²) in [5.74, 6) is -0.850. The van der Waals surface area contributed by atoms with E-state index in [1.165, 1.54) is 24.3 Å². The third-order valence-electron chi connectivity index (χ3n) is 5.42. The maximum Gasteiger partial charge on any atom is 0.253 e. The fourth-order valence-electron chi connectivity index (χ4n) is 3.74. The zero-order valence-corrected chi connectivity index (χ0v) is 16.1. The molecule has 0 atom stereocenters. The molecule has 148 valence electrons. The van der Waals surface area contributed by atoms with Crippen molar-refractivity contribution in [2.75, 3.05) is 31.9 Å². The maximum atomic E-state index is 13.0. The Labute approximate surface area is 159 Å². The van der Waals surface area contributed by atoms with E-state index >= 15 is 0 Å². The van der Waals surface area contributed by atoms with Crippen molar-refractivity contribution in [1.29, 1.82) is 0 Å². The van der Waals surface area contributed by atoms with Crippen molar-refractivity contribution in [2.24, 2.45) is 0 Å². The highest BCUT2D eigenvalue weighted by Gasteiger charge is 2.30. The Morgan fingerprint density at radius 1 is 0.963 bits per heavy atom. The summed E-state index contributed by atoms with van der Waals surface area (Å²) in [4.78, 5) is 28.0. The van der Waals surface area contributed by atoms with Crippen LogP contribution in [0.3, 0.4) is 0 Å². The largest absolute Gasteiger partial charge is 0.339 e. The van der Waals surface area contributed by atoms with Gasteiger partial charge in [-0.3, -0.25) is 9.59 Å². The number of rotatable bonds is 5. The van der Waals surface area contributed by atoms with Crippen molar-refractivity contribution in [1.82, 2.24) is 9.80 Å². The van der Waals surface area contributed by atoms with Crippen LogP contribution in [0.1, 0.15) is 42.5 Å². The Balaban J connectivity index is 1.47. The van der Waals surface area contributed by atoms with Crippen LogP contribution in [-0.4, -0.2) is 67.2 Å². The second kappa shape index (κ2) is 8.37. The molecule has 0 aromatic heterocycles. The fourth-order valence-corrected chi connectivity index (χ4v) is 5.58. The summed E-state index contributed by atoms with van der Waals surface area (Å²) in [6.07, 6.45) is 3.32. The first kappa shape index (κ1) is 19.8. The van der Waals surface area contributed by atoms with Gasteiger partial charge in [-0.25, -0.2) is 12.8 Å². The van der Waals surface area contributed by atoms with Crippen molar-refractivity contribution in [2.45, 2.75) is 37.4 Å². The molecule has 2 amide bonds. The van der Waals surface area contributed by atoms with Gasteiger partial charge in [0.1, 0.15) is 5.82 Å². The lowest BCUT2D eigenvalue weighted by molar-refractivity contribution is -0.132. The predicted molar refractivity (Wildman–Crippen MR) is 99.5 cm³/mol. The average molecular weight is 396 g/mol. The molecule has 27 heavy (non-hydrogen) atoms. The van der Waals surface area contributed by atoms with Gasteiger partial charge in [0.25, 0.3) is 5.91 Å². The second-order valence-corrected chi connectivity index (χ2v) is 9.60. The Morgan fingerprint density at radius 2 is 1.52 bits per heavy atom. The number of amides is 2. The maximum absolute atomic E-state index is 13.0. The number of carbonyl (C=O) groups excluding carboxylic acids is 2. The van der Waals surface area contributed by atoms with Gasteiger partial charge in [-0.1, -0.05) is 12.8 Å². The van der Waals surface area contributed by atoms with E-state index in [1.807, 2.05) is 0 Å². The van der Waals surface area contributed by atoms with Gasteiger partial charge in [-0.2, -0.15) is 0 Å². The van der Waals surface area contributed by atoms with Crippen LogP contribution in [0, 0.1) is 5.82 Å². The summed E-state index contributed by atoms with van der Waals surface area (Å²) in [7, 11) is -3.20. The fraction of sp³-hybridized carbons (Fsp3) is 0.579. The number of benzene rings is 1. The first-order valence-corrected chi connectivity index (χ1v) is 11.1.